The van der Waals surface area contributed by atoms with Gasteiger partial charge in [0.1, 0.15) is 12.4 Å². The number of ether oxygens (including phenoxy) is 1. The van der Waals surface area contributed by atoms with Gasteiger partial charge in [0.05, 0.1) is 17.8 Å². The van der Waals surface area contributed by atoms with Gasteiger partial charge in [-0.25, -0.2) is 4.39 Å². The molecule has 0 unspecified atom stereocenters. The summed E-state index contributed by atoms with van der Waals surface area (Å²) in [6, 6.07) is 13.7. The number of nitrogens with zero attached hydrogens (tertiary/aromatic N) is 2. The van der Waals surface area contributed by atoms with Crippen molar-refractivity contribution < 1.29 is 13.9 Å². The van der Waals surface area contributed by atoms with E-state index in [1.165, 1.54) is 6.07 Å². The number of pyridine rings is 1. The molecule has 0 saturated heterocycles. The molecule has 0 aliphatic carbocycles. The number of primary amides is 1. The summed E-state index contributed by atoms with van der Waals surface area (Å²) in [6.07, 6.45) is 3.52. The number of carbonyl (C=O) groups is 1. The minimum Gasteiger partial charge on any atom is -0.489 e. The number of halogens is 1. The Morgan fingerprint density at radius 3 is 2.81 bits per heavy atom. The number of carbonyl (C=O) groups excluding carboxylic acids is 1. The maximum absolute atomic E-state index is 14.3. The molecule has 136 valence electrons. The first-order chi connectivity index (χ1) is 13.1. The van der Waals surface area contributed by atoms with Crippen LogP contribution in [0.5, 0.6) is 5.75 Å². The average Bonchev–Trinajstić information content (AvgIpc) is 2.68. The Kier molecular flexibility index (Phi) is 4.46. The third-order valence-corrected chi connectivity index (χ3v) is 4.56. The molecule has 0 atom stereocenters. The lowest BCUT2D eigenvalue weighted by Crippen LogP contribution is -2.33. The molecule has 0 radical (unpaired) electrons. The molecule has 2 aromatic carbocycles. The fraction of sp³-hybridized carbons (Fsp3) is 0.143. The van der Waals surface area contributed by atoms with E-state index in [4.69, 9.17) is 10.5 Å². The Labute approximate surface area is 156 Å². The topological polar surface area (TPSA) is 68.5 Å². The molecule has 4 rings (SSSR count). The van der Waals surface area contributed by atoms with Gasteiger partial charge < -0.3 is 15.4 Å². The lowest BCUT2D eigenvalue weighted by molar-refractivity contribution is 0.0996. The van der Waals surface area contributed by atoms with Crippen LogP contribution in [0.2, 0.25) is 0 Å². The molecule has 2 N–H and O–H groups in total. The van der Waals surface area contributed by atoms with Crippen molar-refractivity contribution >= 4 is 11.6 Å². The molecule has 0 spiro atoms. The number of amides is 1. The Morgan fingerprint density at radius 1 is 1.22 bits per heavy atom. The second kappa shape index (κ2) is 7.07. The van der Waals surface area contributed by atoms with Crippen LogP contribution in [0.25, 0.3) is 11.1 Å². The maximum atomic E-state index is 14.3. The molecule has 2 heterocycles. The average molecular weight is 363 g/mol. The van der Waals surface area contributed by atoms with E-state index in [1.807, 2.05) is 18.2 Å². The van der Waals surface area contributed by atoms with Crippen molar-refractivity contribution in [1.82, 2.24) is 4.98 Å². The quantitative estimate of drug-likeness (QED) is 0.772. The molecular formula is C21H18FN3O2. The van der Waals surface area contributed by atoms with Crippen LogP contribution in [0.1, 0.15) is 15.9 Å². The molecular weight excluding hydrogens is 345 g/mol. The van der Waals surface area contributed by atoms with Gasteiger partial charge in [0.2, 0.25) is 0 Å². The molecule has 0 bridgehead atoms. The Hall–Kier alpha value is -3.41. The first kappa shape index (κ1) is 17.0. The van der Waals surface area contributed by atoms with E-state index in [2.05, 4.69) is 9.88 Å². The number of hydrogen-bond acceptors (Lipinski definition) is 4. The fourth-order valence-corrected chi connectivity index (χ4v) is 3.29. The molecule has 0 saturated carbocycles. The lowest BCUT2D eigenvalue weighted by Gasteiger charge is -2.32. The van der Waals surface area contributed by atoms with Crippen LogP contribution in [0.15, 0.2) is 60.9 Å². The van der Waals surface area contributed by atoms with Crippen LogP contribution >= 0.6 is 0 Å². The van der Waals surface area contributed by atoms with Crippen molar-refractivity contribution in [3.05, 3.63) is 77.9 Å². The number of anilines is 1. The maximum Gasteiger partial charge on any atom is 0.252 e. The highest BCUT2D eigenvalue weighted by molar-refractivity contribution is 6.00. The summed E-state index contributed by atoms with van der Waals surface area (Å²) in [5, 5.41) is 0. The van der Waals surface area contributed by atoms with Crippen LogP contribution in [0.4, 0.5) is 10.1 Å². The lowest BCUT2D eigenvalue weighted by atomic mass is 9.99. The molecule has 1 aliphatic rings. The van der Waals surface area contributed by atoms with Crippen LogP contribution < -0.4 is 15.4 Å². The molecule has 1 aliphatic heterocycles. The molecule has 1 amide bonds. The van der Waals surface area contributed by atoms with E-state index < -0.39 is 5.91 Å². The van der Waals surface area contributed by atoms with Gasteiger partial charge in [-0.1, -0.05) is 24.3 Å². The number of aromatic nitrogens is 1. The van der Waals surface area contributed by atoms with Crippen molar-refractivity contribution in [3.63, 3.8) is 0 Å². The molecule has 5 nitrogen and oxygen atoms in total. The molecule has 27 heavy (non-hydrogen) atoms. The summed E-state index contributed by atoms with van der Waals surface area (Å²) in [5.41, 5.74) is 8.58. The van der Waals surface area contributed by atoms with E-state index >= 15 is 0 Å². The monoisotopic (exact) mass is 363 g/mol. The zero-order chi connectivity index (χ0) is 18.8. The second-order valence-corrected chi connectivity index (χ2v) is 6.35. The minimum atomic E-state index is -0.604. The molecule has 1 aromatic heterocycles. The summed E-state index contributed by atoms with van der Waals surface area (Å²) >= 11 is 0. The van der Waals surface area contributed by atoms with Crippen molar-refractivity contribution in [2.75, 3.05) is 18.1 Å². The Balaban J connectivity index is 1.83. The summed E-state index contributed by atoms with van der Waals surface area (Å²) in [4.78, 5) is 18.3. The second-order valence-electron chi connectivity index (χ2n) is 6.35. The highest BCUT2D eigenvalue weighted by Gasteiger charge is 2.25. The summed E-state index contributed by atoms with van der Waals surface area (Å²) in [6.45, 7) is 1.68. The SMILES string of the molecule is NC(=O)c1cc(-c2ccccc2F)cc2c1OCCN2Cc1cccnc1. The fourth-order valence-electron chi connectivity index (χ4n) is 3.29. The van der Waals surface area contributed by atoms with Gasteiger partial charge in [-0.3, -0.25) is 9.78 Å². The molecule has 3 aromatic rings. The molecule has 0 fully saturated rings. The van der Waals surface area contributed by atoms with Crippen molar-refractivity contribution in [1.29, 1.82) is 0 Å². The highest BCUT2D eigenvalue weighted by atomic mass is 19.1. The van der Waals surface area contributed by atoms with E-state index in [0.717, 1.165) is 11.3 Å². The third-order valence-electron chi connectivity index (χ3n) is 4.56. The zero-order valence-electron chi connectivity index (χ0n) is 14.6. The van der Waals surface area contributed by atoms with Crippen LogP contribution in [0.3, 0.4) is 0 Å². The van der Waals surface area contributed by atoms with E-state index in [-0.39, 0.29) is 11.4 Å². The predicted molar refractivity (Wildman–Crippen MR) is 101 cm³/mol. The van der Waals surface area contributed by atoms with Crippen LogP contribution in [-0.2, 0) is 6.54 Å². The van der Waals surface area contributed by atoms with Gasteiger partial charge in [0, 0.05) is 24.5 Å². The third kappa shape index (κ3) is 3.33. The van der Waals surface area contributed by atoms with Crippen LogP contribution in [-0.4, -0.2) is 24.0 Å². The summed E-state index contributed by atoms with van der Waals surface area (Å²) in [5.74, 6) is -0.520. The van der Waals surface area contributed by atoms with Crippen molar-refractivity contribution in [2.45, 2.75) is 6.54 Å². The van der Waals surface area contributed by atoms with Gasteiger partial charge >= 0.3 is 0 Å². The van der Waals surface area contributed by atoms with Crippen molar-refractivity contribution in [3.8, 4) is 16.9 Å². The highest BCUT2D eigenvalue weighted by Crippen LogP contribution is 2.40. The van der Waals surface area contributed by atoms with Gasteiger partial charge in [0.15, 0.2) is 5.75 Å². The summed E-state index contributed by atoms with van der Waals surface area (Å²) < 4.78 is 20.1. The van der Waals surface area contributed by atoms with Gasteiger partial charge in [-0.2, -0.15) is 0 Å². The summed E-state index contributed by atoms with van der Waals surface area (Å²) in [7, 11) is 0. The van der Waals surface area contributed by atoms with E-state index in [9.17, 15) is 9.18 Å². The largest absolute Gasteiger partial charge is 0.489 e. The predicted octanol–water partition coefficient (Wildman–Crippen LogP) is 3.39. The minimum absolute atomic E-state index is 0.252. The van der Waals surface area contributed by atoms with E-state index in [1.54, 1.807) is 36.7 Å². The zero-order valence-corrected chi connectivity index (χ0v) is 14.6. The van der Waals surface area contributed by atoms with E-state index in [0.29, 0.717) is 36.6 Å². The van der Waals surface area contributed by atoms with Crippen molar-refractivity contribution in [2.24, 2.45) is 5.73 Å². The number of fused-ring (bicyclic) bond motifs is 1. The number of hydrogen-bond donors (Lipinski definition) is 1. The van der Waals surface area contributed by atoms with Crippen LogP contribution in [0, 0.1) is 5.82 Å². The molecule has 6 heteroatoms. The number of rotatable bonds is 4. The number of nitrogens with two attached hydrogens (primary N) is 1. The smallest absolute Gasteiger partial charge is 0.252 e. The first-order valence-electron chi connectivity index (χ1n) is 8.63. The Morgan fingerprint density at radius 2 is 2.07 bits per heavy atom. The van der Waals surface area contributed by atoms with Gasteiger partial charge in [-0.15, -0.1) is 0 Å². The first-order valence-corrected chi connectivity index (χ1v) is 8.63. The number of benzene rings is 2. The van der Waals surface area contributed by atoms with Gasteiger partial charge in [0.25, 0.3) is 5.91 Å². The standard InChI is InChI=1S/C21H18FN3O2/c22-18-6-2-1-5-16(18)15-10-17(21(23)26)20-19(11-15)25(8-9-27-20)13-14-4-3-7-24-12-14/h1-7,10-12H,8-9,13H2,(H2,23,26). The van der Waals surface area contributed by atoms with Gasteiger partial charge in [-0.05, 0) is 35.4 Å². The normalized spacial score (nSPS) is 13.0. The Bertz CT molecular complexity index is 992.